The number of carbonyl (C=O) groups is 2. The fraction of sp³-hybridized carbons (Fsp3) is 0.636. The normalized spacial score (nSPS) is 34.3. The van der Waals surface area contributed by atoms with Gasteiger partial charge in [-0.25, -0.2) is 0 Å². The van der Waals surface area contributed by atoms with Crippen molar-refractivity contribution in [3.05, 3.63) is 29.3 Å². The average molecular weight is 371 g/mol. The Bertz CT molecular complexity index is 757. The Morgan fingerprint density at radius 3 is 2.81 bits per heavy atom. The number of carboxylic acid groups (broad SMARTS) is 1. The van der Waals surface area contributed by atoms with Crippen LogP contribution in [-0.4, -0.2) is 23.1 Å². The minimum Gasteiger partial charge on any atom is -0.550 e. The number of hydrogen-bond acceptors (Lipinski definition) is 5. The van der Waals surface area contributed by atoms with E-state index in [-0.39, 0.29) is 24.4 Å². The van der Waals surface area contributed by atoms with E-state index in [9.17, 15) is 19.8 Å². The second kappa shape index (κ2) is 6.84. The lowest BCUT2D eigenvalue weighted by atomic mass is 9.55. The van der Waals surface area contributed by atoms with Crippen LogP contribution in [0.4, 0.5) is 0 Å². The Balaban J connectivity index is 1.49. The fourth-order valence-electron chi connectivity index (χ4n) is 6.14. The second-order valence-corrected chi connectivity index (χ2v) is 8.77. The van der Waals surface area contributed by atoms with Gasteiger partial charge >= 0.3 is 5.97 Å². The molecule has 0 heterocycles. The number of aromatic hydroxyl groups is 1. The van der Waals surface area contributed by atoms with Gasteiger partial charge in [0.25, 0.3) is 0 Å². The van der Waals surface area contributed by atoms with E-state index >= 15 is 0 Å². The molecule has 5 atom stereocenters. The molecule has 5 heteroatoms. The standard InChI is InChI=1S/C22H28O5/c1-22-11-10-16-15-5-3-14(23)12-13(15)2-4-17(16)18(22)6-7-19(22)27-21(26)9-8-20(24)25/h3,5,12,16-19,23H,2,4,6-11H2,1H3,(H,24,25)/p-1/t16-,17-,18-,19-,22-/m0/s1. The lowest BCUT2D eigenvalue weighted by Gasteiger charge is -2.50. The van der Waals surface area contributed by atoms with Crippen molar-refractivity contribution < 1.29 is 24.5 Å². The molecule has 0 unspecified atom stereocenters. The number of aryl methyl sites for hydroxylation is 1. The van der Waals surface area contributed by atoms with E-state index in [2.05, 4.69) is 13.0 Å². The SMILES string of the molecule is C[C@]12CC[C@H]3c4ccc(O)cc4CC[C@@H]3[C@@H]1CC[C@@H]2OC(=O)CCC(=O)[O-]. The number of esters is 1. The van der Waals surface area contributed by atoms with Crippen LogP contribution in [0, 0.1) is 17.3 Å². The van der Waals surface area contributed by atoms with Gasteiger partial charge in [0.05, 0.1) is 6.42 Å². The highest BCUT2D eigenvalue weighted by atomic mass is 16.5. The number of phenols is 1. The third-order valence-corrected chi connectivity index (χ3v) is 7.43. The van der Waals surface area contributed by atoms with Crippen molar-refractivity contribution >= 4 is 11.9 Å². The van der Waals surface area contributed by atoms with Gasteiger partial charge in [-0.15, -0.1) is 0 Å². The number of ether oxygens (including phenoxy) is 1. The predicted molar refractivity (Wildman–Crippen MR) is 96.8 cm³/mol. The van der Waals surface area contributed by atoms with E-state index in [1.165, 1.54) is 11.1 Å². The van der Waals surface area contributed by atoms with Crippen LogP contribution in [0.2, 0.25) is 0 Å². The molecule has 27 heavy (non-hydrogen) atoms. The molecule has 0 bridgehead atoms. The lowest BCUT2D eigenvalue weighted by Crippen LogP contribution is -2.45. The van der Waals surface area contributed by atoms with E-state index in [4.69, 9.17) is 4.74 Å². The molecule has 0 aliphatic heterocycles. The van der Waals surface area contributed by atoms with Crippen molar-refractivity contribution in [1.29, 1.82) is 0 Å². The van der Waals surface area contributed by atoms with Gasteiger partial charge in [-0.3, -0.25) is 4.79 Å². The van der Waals surface area contributed by atoms with Gasteiger partial charge in [0, 0.05) is 11.4 Å². The largest absolute Gasteiger partial charge is 0.550 e. The number of fused-ring (bicyclic) bond motifs is 5. The van der Waals surface area contributed by atoms with Crippen molar-refractivity contribution in [2.75, 3.05) is 0 Å². The smallest absolute Gasteiger partial charge is 0.306 e. The molecule has 1 aromatic carbocycles. The molecule has 1 aromatic rings. The minimum absolute atomic E-state index is 0.0211. The molecule has 146 valence electrons. The summed E-state index contributed by atoms with van der Waals surface area (Å²) in [7, 11) is 0. The number of carbonyl (C=O) groups excluding carboxylic acids is 2. The topological polar surface area (TPSA) is 86.7 Å². The van der Waals surface area contributed by atoms with Crippen molar-refractivity contribution in [3.8, 4) is 5.75 Å². The summed E-state index contributed by atoms with van der Waals surface area (Å²) in [5.74, 6) is 0.356. The molecule has 0 aromatic heterocycles. The zero-order valence-electron chi connectivity index (χ0n) is 15.8. The Hall–Kier alpha value is -2.04. The van der Waals surface area contributed by atoms with Gasteiger partial charge in [-0.1, -0.05) is 13.0 Å². The molecule has 3 aliphatic rings. The van der Waals surface area contributed by atoms with Crippen LogP contribution in [-0.2, 0) is 20.7 Å². The van der Waals surface area contributed by atoms with Crippen LogP contribution in [0.25, 0.3) is 0 Å². The van der Waals surface area contributed by atoms with E-state index < -0.39 is 11.9 Å². The van der Waals surface area contributed by atoms with Crippen molar-refractivity contribution in [2.45, 2.75) is 70.3 Å². The summed E-state index contributed by atoms with van der Waals surface area (Å²) < 4.78 is 5.74. The maximum atomic E-state index is 12.1. The molecule has 3 aliphatic carbocycles. The van der Waals surface area contributed by atoms with Crippen LogP contribution in [0.15, 0.2) is 18.2 Å². The molecule has 2 saturated carbocycles. The first-order valence-electron chi connectivity index (χ1n) is 10.1. The number of carboxylic acids is 1. The molecular weight excluding hydrogens is 344 g/mol. The summed E-state index contributed by atoms with van der Waals surface area (Å²) in [5.41, 5.74) is 2.65. The fourth-order valence-corrected chi connectivity index (χ4v) is 6.14. The Morgan fingerprint density at radius 1 is 1.22 bits per heavy atom. The van der Waals surface area contributed by atoms with Gasteiger partial charge in [0.15, 0.2) is 0 Å². The Morgan fingerprint density at radius 2 is 2.04 bits per heavy atom. The quantitative estimate of drug-likeness (QED) is 0.823. The summed E-state index contributed by atoms with van der Waals surface area (Å²) in [6.45, 7) is 2.25. The first kappa shape index (κ1) is 18.3. The second-order valence-electron chi connectivity index (χ2n) is 8.77. The number of hydrogen-bond donors (Lipinski definition) is 1. The molecular formula is C22H27O5-. The van der Waals surface area contributed by atoms with Gasteiger partial charge < -0.3 is 19.7 Å². The summed E-state index contributed by atoms with van der Waals surface area (Å²) >= 11 is 0. The molecule has 4 rings (SSSR count). The first-order valence-corrected chi connectivity index (χ1v) is 10.1. The van der Waals surface area contributed by atoms with Crippen LogP contribution < -0.4 is 5.11 Å². The van der Waals surface area contributed by atoms with Crippen molar-refractivity contribution in [2.24, 2.45) is 17.3 Å². The lowest BCUT2D eigenvalue weighted by molar-refractivity contribution is -0.305. The maximum absolute atomic E-state index is 12.1. The molecule has 0 radical (unpaired) electrons. The van der Waals surface area contributed by atoms with Crippen LogP contribution >= 0.6 is 0 Å². The van der Waals surface area contributed by atoms with Crippen molar-refractivity contribution in [3.63, 3.8) is 0 Å². The monoisotopic (exact) mass is 371 g/mol. The third-order valence-electron chi connectivity index (χ3n) is 7.43. The van der Waals surface area contributed by atoms with Crippen molar-refractivity contribution in [1.82, 2.24) is 0 Å². The highest BCUT2D eigenvalue weighted by Gasteiger charge is 2.56. The molecule has 5 nitrogen and oxygen atoms in total. The van der Waals surface area contributed by atoms with Gasteiger partial charge in [-0.2, -0.15) is 0 Å². The Kier molecular flexibility index (Phi) is 4.65. The van der Waals surface area contributed by atoms with E-state index in [0.717, 1.165) is 38.5 Å². The third kappa shape index (κ3) is 3.21. The van der Waals surface area contributed by atoms with E-state index in [1.807, 2.05) is 6.07 Å². The Labute approximate surface area is 159 Å². The number of rotatable bonds is 4. The number of benzene rings is 1. The maximum Gasteiger partial charge on any atom is 0.306 e. The van der Waals surface area contributed by atoms with Gasteiger partial charge in [0.1, 0.15) is 11.9 Å². The highest BCUT2D eigenvalue weighted by Crippen LogP contribution is 2.61. The highest BCUT2D eigenvalue weighted by molar-refractivity contribution is 5.75. The summed E-state index contributed by atoms with van der Waals surface area (Å²) in [5, 5.41) is 20.4. The summed E-state index contributed by atoms with van der Waals surface area (Å²) in [4.78, 5) is 22.6. The minimum atomic E-state index is -1.21. The first-order chi connectivity index (χ1) is 12.9. The van der Waals surface area contributed by atoms with Crippen LogP contribution in [0.5, 0.6) is 5.75 Å². The molecule has 0 saturated heterocycles. The van der Waals surface area contributed by atoms with Crippen LogP contribution in [0.1, 0.15) is 68.9 Å². The van der Waals surface area contributed by atoms with Gasteiger partial charge in [-0.05, 0) is 86.0 Å². The average Bonchev–Trinajstić information content (AvgIpc) is 2.96. The number of aliphatic carboxylic acids is 1. The number of phenolic OH excluding ortho intramolecular Hbond substituents is 1. The summed E-state index contributed by atoms with van der Waals surface area (Å²) in [6.07, 6.45) is 5.62. The van der Waals surface area contributed by atoms with E-state index in [1.54, 1.807) is 6.07 Å². The van der Waals surface area contributed by atoms with Crippen LogP contribution in [0.3, 0.4) is 0 Å². The molecule has 0 spiro atoms. The zero-order chi connectivity index (χ0) is 19.2. The predicted octanol–water partition coefficient (Wildman–Crippen LogP) is 2.69. The summed E-state index contributed by atoms with van der Waals surface area (Å²) in [6, 6.07) is 5.80. The van der Waals surface area contributed by atoms with E-state index in [0.29, 0.717) is 23.5 Å². The molecule has 1 N–H and O–H groups in total. The van der Waals surface area contributed by atoms with Gasteiger partial charge in [0.2, 0.25) is 0 Å². The molecule has 0 amide bonds. The molecule has 2 fully saturated rings. The zero-order valence-corrected chi connectivity index (χ0v) is 15.8.